The van der Waals surface area contributed by atoms with Crippen molar-refractivity contribution in [2.75, 3.05) is 0 Å². The van der Waals surface area contributed by atoms with Gasteiger partial charge in [-0.25, -0.2) is 4.79 Å². The van der Waals surface area contributed by atoms with Crippen LogP contribution < -0.4 is 0 Å². The van der Waals surface area contributed by atoms with E-state index in [4.69, 9.17) is 5.11 Å². The maximum Gasteiger partial charge on any atom is 0.240 e. The monoisotopic (exact) mass is 215 g/mol. The van der Waals surface area contributed by atoms with Gasteiger partial charge in [-0.1, -0.05) is 18.2 Å². The minimum atomic E-state index is -0.105. The molecule has 0 radical (unpaired) electrons. The van der Waals surface area contributed by atoms with E-state index in [1.165, 1.54) is 6.08 Å². The van der Waals surface area contributed by atoms with Crippen LogP contribution in [-0.4, -0.2) is 21.4 Å². The van der Waals surface area contributed by atoms with Gasteiger partial charge in [-0.15, -0.1) is 0 Å². The maximum absolute atomic E-state index is 10.3. The van der Waals surface area contributed by atoms with Crippen molar-refractivity contribution in [1.82, 2.24) is 10.2 Å². The molecule has 1 aromatic carbocycles. The number of nitrogens with zero attached hydrogens (tertiary/aromatic N) is 2. The van der Waals surface area contributed by atoms with Gasteiger partial charge in [0.2, 0.25) is 6.08 Å². The zero-order valence-electron chi connectivity index (χ0n) is 8.34. The van der Waals surface area contributed by atoms with Crippen LogP contribution in [0.15, 0.2) is 35.3 Å². The van der Waals surface area contributed by atoms with E-state index in [-0.39, 0.29) is 6.61 Å². The SMILES string of the molecule is O=C=Nc1ccccc1-c1cc(CO)[nH]n1. The molecule has 16 heavy (non-hydrogen) atoms. The van der Waals surface area contributed by atoms with Crippen LogP contribution in [0.4, 0.5) is 5.69 Å². The van der Waals surface area contributed by atoms with E-state index in [9.17, 15) is 4.79 Å². The summed E-state index contributed by atoms with van der Waals surface area (Å²) in [5.41, 5.74) is 2.48. The summed E-state index contributed by atoms with van der Waals surface area (Å²) < 4.78 is 0. The number of aliphatic hydroxyl groups excluding tert-OH is 1. The standard InChI is InChI=1S/C11H9N3O2/c15-6-8-5-11(14-13-8)9-3-1-2-4-10(9)12-7-16/h1-5,15H,6H2,(H,13,14). The molecule has 0 aliphatic heterocycles. The molecular formula is C11H9N3O2. The highest BCUT2D eigenvalue weighted by Crippen LogP contribution is 2.28. The van der Waals surface area contributed by atoms with Gasteiger partial charge >= 0.3 is 0 Å². The van der Waals surface area contributed by atoms with Crippen LogP contribution in [0.5, 0.6) is 0 Å². The Labute approximate surface area is 91.5 Å². The summed E-state index contributed by atoms with van der Waals surface area (Å²) in [6, 6.07) is 8.81. The maximum atomic E-state index is 10.3. The molecule has 0 atom stereocenters. The van der Waals surface area contributed by atoms with Crippen LogP contribution >= 0.6 is 0 Å². The van der Waals surface area contributed by atoms with Crippen molar-refractivity contribution < 1.29 is 9.90 Å². The number of nitrogens with one attached hydrogen (secondary N) is 1. The lowest BCUT2D eigenvalue weighted by Gasteiger charge is -1.98. The molecule has 0 saturated heterocycles. The van der Waals surface area contributed by atoms with Crippen LogP contribution in [-0.2, 0) is 11.4 Å². The third kappa shape index (κ3) is 1.91. The van der Waals surface area contributed by atoms with Crippen molar-refractivity contribution in [2.24, 2.45) is 4.99 Å². The zero-order valence-corrected chi connectivity index (χ0v) is 8.34. The molecule has 1 heterocycles. The summed E-state index contributed by atoms with van der Waals surface area (Å²) in [5, 5.41) is 15.6. The van der Waals surface area contributed by atoms with Crippen LogP contribution in [0.25, 0.3) is 11.3 Å². The number of benzene rings is 1. The van der Waals surface area contributed by atoms with Crippen molar-refractivity contribution in [3.05, 3.63) is 36.0 Å². The van der Waals surface area contributed by atoms with E-state index in [2.05, 4.69) is 15.2 Å². The minimum Gasteiger partial charge on any atom is -0.390 e. The van der Waals surface area contributed by atoms with Gasteiger partial charge in [0.05, 0.1) is 23.7 Å². The number of para-hydroxylation sites is 1. The second-order valence-electron chi connectivity index (χ2n) is 3.16. The lowest BCUT2D eigenvalue weighted by molar-refractivity contribution is 0.276. The van der Waals surface area contributed by atoms with Crippen LogP contribution in [0.2, 0.25) is 0 Å². The molecule has 0 amide bonds. The second kappa shape index (κ2) is 4.53. The molecule has 2 N–H and O–H groups in total. The summed E-state index contributed by atoms with van der Waals surface area (Å²) >= 11 is 0. The number of H-pyrrole nitrogens is 1. The van der Waals surface area contributed by atoms with E-state index >= 15 is 0 Å². The number of aliphatic imine (C=N–C) groups is 1. The Kier molecular flexibility index (Phi) is 2.91. The molecule has 0 aliphatic carbocycles. The fourth-order valence-electron chi connectivity index (χ4n) is 1.42. The van der Waals surface area contributed by atoms with Crippen molar-refractivity contribution in [3.63, 3.8) is 0 Å². The predicted molar refractivity (Wildman–Crippen MR) is 57.7 cm³/mol. The van der Waals surface area contributed by atoms with E-state index in [1.54, 1.807) is 24.3 Å². The first-order valence-corrected chi connectivity index (χ1v) is 4.67. The van der Waals surface area contributed by atoms with Crippen molar-refractivity contribution in [1.29, 1.82) is 0 Å². The Morgan fingerprint density at radius 1 is 1.44 bits per heavy atom. The van der Waals surface area contributed by atoms with Gasteiger partial charge in [-0.05, 0) is 12.1 Å². The Hall–Kier alpha value is -2.23. The van der Waals surface area contributed by atoms with E-state index in [1.807, 2.05) is 6.07 Å². The van der Waals surface area contributed by atoms with Gasteiger partial charge in [0, 0.05) is 5.56 Å². The third-order valence-corrected chi connectivity index (χ3v) is 2.15. The topological polar surface area (TPSA) is 78.3 Å². The molecular weight excluding hydrogens is 206 g/mol. The van der Waals surface area contributed by atoms with Gasteiger partial charge in [0.25, 0.3) is 0 Å². The van der Waals surface area contributed by atoms with E-state index in [0.29, 0.717) is 17.1 Å². The van der Waals surface area contributed by atoms with Crippen LogP contribution in [0.1, 0.15) is 5.69 Å². The van der Waals surface area contributed by atoms with Gasteiger partial charge in [-0.3, -0.25) is 5.10 Å². The molecule has 5 nitrogen and oxygen atoms in total. The molecule has 2 aromatic rings. The number of aromatic nitrogens is 2. The summed E-state index contributed by atoms with van der Waals surface area (Å²) in [6.07, 6.45) is 1.50. The normalized spacial score (nSPS) is 9.81. The summed E-state index contributed by atoms with van der Waals surface area (Å²) in [5.74, 6) is 0. The number of hydrogen-bond acceptors (Lipinski definition) is 4. The highest BCUT2D eigenvalue weighted by Gasteiger charge is 2.07. The van der Waals surface area contributed by atoms with Gasteiger partial charge in [0.1, 0.15) is 0 Å². The van der Waals surface area contributed by atoms with Crippen molar-refractivity contribution >= 4 is 11.8 Å². The highest BCUT2D eigenvalue weighted by molar-refractivity contribution is 5.74. The lowest BCUT2D eigenvalue weighted by Crippen LogP contribution is -1.79. The zero-order chi connectivity index (χ0) is 11.4. The summed E-state index contributed by atoms with van der Waals surface area (Å²) in [6.45, 7) is -0.105. The van der Waals surface area contributed by atoms with E-state index < -0.39 is 0 Å². The molecule has 0 saturated carbocycles. The van der Waals surface area contributed by atoms with Gasteiger partial charge in [-0.2, -0.15) is 10.1 Å². The number of aliphatic hydroxyl groups is 1. The Morgan fingerprint density at radius 2 is 2.25 bits per heavy atom. The molecule has 0 unspecified atom stereocenters. The Morgan fingerprint density at radius 3 is 2.94 bits per heavy atom. The van der Waals surface area contributed by atoms with Crippen LogP contribution in [0, 0.1) is 0 Å². The fourth-order valence-corrected chi connectivity index (χ4v) is 1.42. The quantitative estimate of drug-likeness (QED) is 0.602. The van der Waals surface area contributed by atoms with Crippen molar-refractivity contribution in [2.45, 2.75) is 6.61 Å². The van der Waals surface area contributed by atoms with Gasteiger partial charge < -0.3 is 5.11 Å². The number of carbonyl (C=O) groups excluding carboxylic acids is 1. The number of isocyanates is 1. The molecule has 0 bridgehead atoms. The summed E-state index contributed by atoms with van der Waals surface area (Å²) in [4.78, 5) is 13.9. The number of aromatic amines is 1. The molecule has 0 aliphatic rings. The second-order valence-corrected chi connectivity index (χ2v) is 3.16. The van der Waals surface area contributed by atoms with Crippen molar-refractivity contribution in [3.8, 4) is 11.3 Å². The predicted octanol–water partition coefficient (Wildman–Crippen LogP) is 1.54. The third-order valence-electron chi connectivity index (χ3n) is 2.15. The Bertz CT molecular complexity index is 542. The molecule has 80 valence electrons. The van der Waals surface area contributed by atoms with Gasteiger partial charge in [0.15, 0.2) is 0 Å². The average Bonchev–Trinajstić information content (AvgIpc) is 2.79. The Balaban J connectivity index is 2.50. The molecule has 2 rings (SSSR count). The number of rotatable bonds is 3. The smallest absolute Gasteiger partial charge is 0.240 e. The molecule has 1 aromatic heterocycles. The molecule has 5 heteroatoms. The summed E-state index contributed by atoms with van der Waals surface area (Å²) in [7, 11) is 0. The first kappa shape index (κ1) is 10.3. The number of hydrogen-bond donors (Lipinski definition) is 2. The minimum absolute atomic E-state index is 0.105. The fraction of sp³-hybridized carbons (Fsp3) is 0.0909. The largest absolute Gasteiger partial charge is 0.390 e. The highest BCUT2D eigenvalue weighted by atomic mass is 16.3. The lowest BCUT2D eigenvalue weighted by atomic mass is 10.1. The average molecular weight is 215 g/mol. The first-order valence-electron chi connectivity index (χ1n) is 4.67. The first-order chi connectivity index (χ1) is 7.85. The van der Waals surface area contributed by atoms with E-state index in [0.717, 1.165) is 5.56 Å². The van der Waals surface area contributed by atoms with Crippen LogP contribution in [0.3, 0.4) is 0 Å². The molecule has 0 spiro atoms. The molecule has 0 fully saturated rings.